The summed E-state index contributed by atoms with van der Waals surface area (Å²) in [6, 6.07) is 12.9. The van der Waals surface area contributed by atoms with Crippen molar-refractivity contribution in [2.45, 2.75) is 33.2 Å². The SMILES string of the molecule is CCNC(c1cccc(C)c1)c1ccc(CC)o1. The Morgan fingerprint density at radius 2 is 2.00 bits per heavy atom. The molecule has 18 heavy (non-hydrogen) atoms. The van der Waals surface area contributed by atoms with Gasteiger partial charge in [0.15, 0.2) is 0 Å². The second-order valence-corrected chi connectivity index (χ2v) is 4.56. The fourth-order valence-corrected chi connectivity index (χ4v) is 2.18. The molecule has 96 valence electrons. The third kappa shape index (κ3) is 2.82. The summed E-state index contributed by atoms with van der Waals surface area (Å²) in [5.41, 5.74) is 2.53. The Kier molecular flexibility index (Phi) is 4.21. The van der Waals surface area contributed by atoms with Crippen LogP contribution in [-0.4, -0.2) is 6.54 Å². The van der Waals surface area contributed by atoms with Crippen LogP contribution in [0.2, 0.25) is 0 Å². The number of benzene rings is 1. The average molecular weight is 243 g/mol. The lowest BCUT2D eigenvalue weighted by Gasteiger charge is -2.16. The smallest absolute Gasteiger partial charge is 0.125 e. The Balaban J connectivity index is 2.33. The first-order chi connectivity index (χ1) is 8.74. The Morgan fingerprint density at radius 3 is 2.61 bits per heavy atom. The highest BCUT2D eigenvalue weighted by molar-refractivity contribution is 5.30. The van der Waals surface area contributed by atoms with Crippen molar-refractivity contribution < 1.29 is 4.42 Å². The van der Waals surface area contributed by atoms with E-state index in [9.17, 15) is 0 Å². The van der Waals surface area contributed by atoms with Crippen molar-refractivity contribution >= 4 is 0 Å². The molecule has 0 aliphatic rings. The van der Waals surface area contributed by atoms with Gasteiger partial charge >= 0.3 is 0 Å². The molecular weight excluding hydrogens is 222 g/mol. The summed E-state index contributed by atoms with van der Waals surface area (Å²) in [6.45, 7) is 7.26. The van der Waals surface area contributed by atoms with Gasteiger partial charge < -0.3 is 9.73 Å². The van der Waals surface area contributed by atoms with Gasteiger partial charge in [0.05, 0.1) is 6.04 Å². The van der Waals surface area contributed by atoms with Gasteiger partial charge in [0, 0.05) is 6.42 Å². The quantitative estimate of drug-likeness (QED) is 0.863. The second-order valence-electron chi connectivity index (χ2n) is 4.56. The number of nitrogens with one attached hydrogen (secondary N) is 1. The standard InChI is InChI=1S/C16H21NO/c1-4-14-9-10-15(18-14)16(17-5-2)13-8-6-7-12(3)11-13/h6-11,16-17H,4-5H2,1-3H3. The Bertz CT molecular complexity index is 501. The van der Waals surface area contributed by atoms with Crippen molar-refractivity contribution in [2.75, 3.05) is 6.54 Å². The topological polar surface area (TPSA) is 25.2 Å². The molecule has 0 aliphatic carbocycles. The second kappa shape index (κ2) is 5.87. The highest BCUT2D eigenvalue weighted by Crippen LogP contribution is 2.24. The van der Waals surface area contributed by atoms with Crippen molar-refractivity contribution in [3.05, 3.63) is 59.0 Å². The maximum Gasteiger partial charge on any atom is 0.125 e. The normalized spacial score (nSPS) is 12.6. The zero-order valence-corrected chi connectivity index (χ0v) is 11.4. The predicted octanol–water partition coefficient (Wildman–Crippen LogP) is 3.85. The minimum absolute atomic E-state index is 0.148. The summed E-state index contributed by atoms with van der Waals surface area (Å²) in [5.74, 6) is 2.04. The summed E-state index contributed by atoms with van der Waals surface area (Å²) in [4.78, 5) is 0. The molecule has 2 rings (SSSR count). The molecule has 0 bridgehead atoms. The molecule has 1 unspecified atom stereocenters. The zero-order chi connectivity index (χ0) is 13.0. The van der Waals surface area contributed by atoms with Crippen LogP contribution in [0.15, 0.2) is 40.8 Å². The van der Waals surface area contributed by atoms with Gasteiger partial charge in [-0.15, -0.1) is 0 Å². The molecular formula is C16H21NO. The summed E-state index contributed by atoms with van der Waals surface area (Å²) >= 11 is 0. The van der Waals surface area contributed by atoms with Crippen LogP contribution in [0.5, 0.6) is 0 Å². The number of hydrogen-bond donors (Lipinski definition) is 1. The molecule has 0 fully saturated rings. The molecule has 1 atom stereocenters. The molecule has 0 spiro atoms. The van der Waals surface area contributed by atoms with E-state index in [2.05, 4.69) is 62.5 Å². The van der Waals surface area contributed by atoms with Gasteiger partial charge in [0.1, 0.15) is 11.5 Å². The van der Waals surface area contributed by atoms with E-state index in [4.69, 9.17) is 4.42 Å². The minimum atomic E-state index is 0.148. The van der Waals surface area contributed by atoms with Crippen LogP contribution in [0, 0.1) is 6.92 Å². The molecule has 0 aliphatic heterocycles. The van der Waals surface area contributed by atoms with E-state index in [1.807, 2.05) is 0 Å². The van der Waals surface area contributed by atoms with E-state index in [0.717, 1.165) is 24.5 Å². The van der Waals surface area contributed by atoms with Gasteiger partial charge in [-0.25, -0.2) is 0 Å². The van der Waals surface area contributed by atoms with Crippen molar-refractivity contribution in [2.24, 2.45) is 0 Å². The predicted molar refractivity (Wildman–Crippen MR) is 74.8 cm³/mol. The van der Waals surface area contributed by atoms with E-state index in [0.29, 0.717) is 0 Å². The monoisotopic (exact) mass is 243 g/mol. The molecule has 1 heterocycles. The first kappa shape index (κ1) is 12.9. The van der Waals surface area contributed by atoms with Gasteiger partial charge in [0.2, 0.25) is 0 Å². The number of aryl methyl sites for hydroxylation is 2. The lowest BCUT2D eigenvalue weighted by molar-refractivity contribution is 0.426. The van der Waals surface area contributed by atoms with Crippen molar-refractivity contribution in [3.63, 3.8) is 0 Å². The lowest BCUT2D eigenvalue weighted by atomic mass is 10.0. The Morgan fingerprint density at radius 1 is 1.17 bits per heavy atom. The molecule has 2 heteroatoms. The molecule has 0 saturated heterocycles. The van der Waals surface area contributed by atoms with Crippen LogP contribution in [0.3, 0.4) is 0 Å². The maximum absolute atomic E-state index is 5.88. The van der Waals surface area contributed by atoms with E-state index in [1.54, 1.807) is 0 Å². The molecule has 2 aromatic rings. The van der Waals surface area contributed by atoms with Gasteiger partial charge in [-0.1, -0.05) is 43.7 Å². The van der Waals surface area contributed by atoms with Crippen molar-refractivity contribution in [1.82, 2.24) is 5.32 Å². The van der Waals surface area contributed by atoms with Crippen LogP contribution in [0.1, 0.15) is 42.5 Å². The highest BCUT2D eigenvalue weighted by atomic mass is 16.3. The lowest BCUT2D eigenvalue weighted by Crippen LogP contribution is -2.21. The first-order valence-corrected chi connectivity index (χ1v) is 6.63. The molecule has 1 aromatic heterocycles. The summed E-state index contributed by atoms with van der Waals surface area (Å²) in [7, 11) is 0. The van der Waals surface area contributed by atoms with Crippen LogP contribution >= 0.6 is 0 Å². The van der Waals surface area contributed by atoms with E-state index >= 15 is 0 Å². The summed E-state index contributed by atoms with van der Waals surface area (Å²) in [5, 5.41) is 3.49. The summed E-state index contributed by atoms with van der Waals surface area (Å²) < 4.78 is 5.88. The molecule has 2 nitrogen and oxygen atoms in total. The van der Waals surface area contributed by atoms with Crippen LogP contribution in [0.4, 0.5) is 0 Å². The molecule has 0 radical (unpaired) electrons. The average Bonchev–Trinajstić information content (AvgIpc) is 2.84. The molecule has 1 N–H and O–H groups in total. The minimum Gasteiger partial charge on any atom is -0.464 e. The van der Waals surface area contributed by atoms with E-state index < -0.39 is 0 Å². The van der Waals surface area contributed by atoms with E-state index in [1.165, 1.54) is 11.1 Å². The first-order valence-electron chi connectivity index (χ1n) is 6.63. The maximum atomic E-state index is 5.88. The van der Waals surface area contributed by atoms with Gasteiger partial charge in [0.25, 0.3) is 0 Å². The zero-order valence-electron chi connectivity index (χ0n) is 11.4. The third-order valence-electron chi connectivity index (χ3n) is 3.10. The van der Waals surface area contributed by atoms with Crippen molar-refractivity contribution in [1.29, 1.82) is 0 Å². The molecule has 0 amide bonds. The number of furan rings is 1. The molecule has 1 aromatic carbocycles. The van der Waals surface area contributed by atoms with Gasteiger partial charge in [-0.05, 0) is 31.2 Å². The third-order valence-corrected chi connectivity index (χ3v) is 3.10. The van der Waals surface area contributed by atoms with Gasteiger partial charge in [-0.3, -0.25) is 0 Å². The summed E-state index contributed by atoms with van der Waals surface area (Å²) in [6.07, 6.45) is 0.937. The number of hydrogen-bond acceptors (Lipinski definition) is 2. The van der Waals surface area contributed by atoms with Crippen LogP contribution in [0.25, 0.3) is 0 Å². The fourth-order valence-electron chi connectivity index (χ4n) is 2.18. The fraction of sp³-hybridized carbons (Fsp3) is 0.375. The van der Waals surface area contributed by atoms with Crippen LogP contribution in [-0.2, 0) is 6.42 Å². The highest BCUT2D eigenvalue weighted by Gasteiger charge is 2.16. The number of rotatable bonds is 5. The van der Waals surface area contributed by atoms with Crippen molar-refractivity contribution in [3.8, 4) is 0 Å². The Labute approximate surface area is 109 Å². The Hall–Kier alpha value is -1.54. The van der Waals surface area contributed by atoms with Crippen LogP contribution < -0.4 is 5.32 Å². The molecule has 0 saturated carbocycles. The van der Waals surface area contributed by atoms with Gasteiger partial charge in [-0.2, -0.15) is 0 Å². The largest absolute Gasteiger partial charge is 0.464 e. The van der Waals surface area contributed by atoms with E-state index in [-0.39, 0.29) is 6.04 Å².